The fourth-order valence-electron chi connectivity index (χ4n) is 1.40. The molecule has 0 aliphatic heterocycles. The minimum atomic E-state index is -1.11. The summed E-state index contributed by atoms with van der Waals surface area (Å²) in [7, 11) is 0. The fourth-order valence-corrected chi connectivity index (χ4v) is 1.40. The Hall–Kier alpha value is -0.0800. The van der Waals surface area contributed by atoms with Crippen molar-refractivity contribution in [1.29, 1.82) is 0 Å². The van der Waals surface area contributed by atoms with Gasteiger partial charge in [-0.15, -0.1) is 0 Å². The number of rotatable bonds is 2. The van der Waals surface area contributed by atoms with Crippen LogP contribution in [0.4, 0.5) is 0 Å². The summed E-state index contributed by atoms with van der Waals surface area (Å²) in [5.74, 6) is 0.539. The van der Waals surface area contributed by atoms with Gasteiger partial charge < -0.3 is 10.2 Å². The monoisotopic (exact) mass is 130 g/mol. The molecule has 2 atom stereocenters. The van der Waals surface area contributed by atoms with E-state index in [9.17, 15) is 0 Å². The second-order valence-electron chi connectivity index (χ2n) is 3.19. The van der Waals surface area contributed by atoms with Crippen LogP contribution >= 0.6 is 0 Å². The fraction of sp³-hybridized carbons (Fsp3) is 1.00. The van der Waals surface area contributed by atoms with Gasteiger partial charge in [0.1, 0.15) is 0 Å². The second-order valence-corrected chi connectivity index (χ2v) is 3.19. The van der Waals surface area contributed by atoms with Crippen LogP contribution in [0.25, 0.3) is 0 Å². The summed E-state index contributed by atoms with van der Waals surface area (Å²) in [5, 5.41) is 17.6. The van der Waals surface area contributed by atoms with Crippen LogP contribution in [0.2, 0.25) is 0 Å². The summed E-state index contributed by atoms with van der Waals surface area (Å²) >= 11 is 0. The maximum atomic E-state index is 8.81. The maximum absolute atomic E-state index is 8.81. The third-order valence-electron chi connectivity index (χ3n) is 2.54. The van der Waals surface area contributed by atoms with Gasteiger partial charge in [-0.05, 0) is 12.3 Å². The number of aliphatic hydroxyl groups excluding tert-OH is 1. The Balaban J connectivity index is 2.42. The Bertz CT molecular complexity index is 111. The zero-order valence-electron chi connectivity index (χ0n) is 5.96. The van der Waals surface area contributed by atoms with Crippen LogP contribution in [0, 0.1) is 11.3 Å². The average molecular weight is 130 g/mol. The minimum Gasteiger partial charge on any atom is -0.368 e. The molecule has 0 saturated heterocycles. The predicted octanol–water partition coefficient (Wildman–Crippen LogP) is 0.733. The molecular formula is C7H14O2. The van der Waals surface area contributed by atoms with Crippen molar-refractivity contribution in [3.8, 4) is 0 Å². The van der Waals surface area contributed by atoms with Crippen molar-refractivity contribution in [3.05, 3.63) is 0 Å². The van der Waals surface area contributed by atoms with Crippen LogP contribution in [-0.2, 0) is 0 Å². The van der Waals surface area contributed by atoms with E-state index < -0.39 is 6.29 Å². The molecule has 2 nitrogen and oxygen atoms in total. The number of aliphatic hydroxyl groups is 2. The van der Waals surface area contributed by atoms with Gasteiger partial charge in [0.15, 0.2) is 6.29 Å². The highest BCUT2D eigenvalue weighted by Crippen LogP contribution is 2.55. The lowest BCUT2D eigenvalue weighted by Crippen LogP contribution is -2.19. The Morgan fingerprint density at radius 3 is 2.33 bits per heavy atom. The molecule has 1 fully saturated rings. The normalized spacial score (nSPS) is 41.7. The molecule has 0 aromatic rings. The molecule has 9 heavy (non-hydrogen) atoms. The molecule has 0 aromatic heterocycles. The van der Waals surface area contributed by atoms with Crippen molar-refractivity contribution in [2.24, 2.45) is 11.3 Å². The quantitative estimate of drug-likeness (QED) is 0.541. The van der Waals surface area contributed by atoms with Gasteiger partial charge >= 0.3 is 0 Å². The first-order valence-electron chi connectivity index (χ1n) is 3.47. The van der Waals surface area contributed by atoms with Gasteiger partial charge in [0.05, 0.1) is 0 Å². The molecule has 0 heterocycles. The molecular weight excluding hydrogens is 116 g/mol. The molecule has 2 N–H and O–H groups in total. The van der Waals surface area contributed by atoms with E-state index in [2.05, 4.69) is 6.92 Å². The molecule has 0 spiro atoms. The molecule has 0 bridgehead atoms. The molecule has 2 unspecified atom stereocenters. The van der Waals surface area contributed by atoms with Crippen molar-refractivity contribution in [3.63, 3.8) is 0 Å². The van der Waals surface area contributed by atoms with Crippen LogP contribution in [-0.4, -0.2) is 16.5 Å². The van der Waals surface area contributed by atoms with E-state index in [4.69, 9.17) is 10.2 Å². The third kappa shape index (κ3) is 0.970. The van der Waals surface area contributed by atoms with Crippen molar-refractivity contribution < 1.29 is 10.2 Å². The first-order valence-corrected chi connectivity index (χ1v) is 3.47. The van der Waals surface area contributed by atoms with Crippen molar-refractivity contribution in [2.45, 2.75) is 33.0 Å². The first-order chi connectivity index (χ1) is 4.11. The van der Waals surface area contributed by atoms with Gasteiger partial charge in [-0.1, -0.05) is 20.3 Å². The molecule has 0 amide bonds. The largest absolute Gasteiger partial charge is 0.368 e. The van der Waals surface area contributed by atoms with Gasteiger partial charge in [-0.2, -0.15) is 0 Å². The summed E-state index contributed by atoms with van der Waals surface area (Å²) < 4.78 is 0. The molecule has 1 saturated carbocycles. The number of hydrogen-bond acceptors (Lipinski definition) is 2. The van der Waals surface area contributed by atoms with E-state index in [1.165, 1.54) is 0 Å². The SMILES string of the molecule is CCC1CC1(C)C(O)O. The smallest absolute Gasteiger partial charge is 0.157 e. The summed E-state index contributed by atoms with van der Waals surface area (Å²) in [6, 6.07) is 0. The van der Waals surface area contributed by atoms with E-state index in [1.807, 2.05) is 6.92 Å². The molecule has 0 radical (unpaired) electrons. The standard InChI is InChI=1S/C7H14O2/c1-3-5-4-7(5,2)6(8)9/h5-6,8-9H,3-4H2,1-2H3. The van der Waals surface area contributed by atoms with Crippen molar-refractivity contribution in [1.82, 2.24) is 0 Å². The highest BCUT2D eigenvalue weighted by Gasteiger charge is 2.53. The van der Waals surface area contributed by atoms with Crippen LogP contribution in [0.15, 0.2) is 0 Å². The number of hydrogen-bond donors (Lipinski definition) is 2. The third-order valence-corrected chi connectivity index (χ3v) is 2.54. The Morgan fingerprint density at radius 1 is 1.67 bits per heavy atom. The van der Waals surface area contributed by atoms with Crippen LogP contribution in [0.1, 0.15) is 26.7 Å². The van der Waals surface area contributed by atoms with Crippen LogP contribution in [0.3, 0.4) is 0 Å². The topological polar surface area (TPSA) is 40.5 Å². The maximum Gasteiger partial charge on any atom is 0.157 e. The van der Waals surface area contributed by atoms with E-state index in [-0.39, 0.29) is 5.41 Å². The predicted molar refractivity (Wildman–Crippen MR) is 34.7 cm³/mol. The Morgan fingerprint density at radius 2 is 2.22 bits per heavy atom. The van der Waals surface area contributed by atoms with E-state index in [1.54, 1.807) is 0 Å². The summed E-state index contributed by atoms with van der Waals surface area (Å²) in [6.07, 6.45) is 0.928. The Labute approximate surface area is 55.5 Å². The summed E-state index contributed by atoms with van der Waals surface area (Å²) in [6.45, 7) is 4.00. The van der Waals surface area contributed by atoms with Crippen molar-refractivity contribution >= 4 is 0 Å². The molecule has 1 rings (SSSR count). The van der Waals surface area contributed by atoms with Gasteiger partial charge in [-0.3, -0.25) is 0 Å². The molecule has 0 aromatic carbocycles. The van der Waals surface area contributed by atoms with E-state index >= 15 is 0 Å². The van der Waals surface area contributed by atoms with Crippen LogP contribution in [0.5, 0.6) is 0 Å². The van der Waals surface area contributed by atoms with Gasteiger partial charge in [0.2, 0.25) is 0 Å². The lowest BCUT2D eigenvalue weighted by molar-refractivity contribution is -0.0946. The molecule has 1 aliphatic carbocycles. The Kier molecular flexibility index (Phi) is 1.53. The zero-order chi connectivity index (χ0) is 7.07. The van der Waals surface area contributed by atoms with Gasteiger partial charge in [0, 0.05) is 5.41 Å². The summed E-state index contributed by atoms with van der Waals surface area (Å²) in [5.41, 5.74) is -0.172. The lowest BCUT2D eigenvalue weighted by Gasteiger charge is -2.11. The average Bonchev–Trinajstić information content (AvgIpc) is 2.44. The highest BCUT2D eigenvalue weighted by atomic mass is 16.5. The summed E-state index contributed by atoms with van der Waals surface area (Å²) in [4.78, 5) is 0. The molecule has 2 heteroatoms. The minimum absolute atomic E-state index is 0.172. The van der Waals surface area contributed by atoms with Crippen LogP contribution < -0.4 is 0 Å². The van der Waals surface area contributed by atoms with Gasteiger partial charge in [0.25, 0.3) is 0 Å². The first kappa shape index (κ1) is 7.03. The molecule has 54 valence electrons. The van der Waals surface area contributed by atoms with Crippen molar-refractivity contribution in [2.75, 3.05) is 0 Å². The van der Waals surface area contributed by atoms with E-state index in [0.717, 1.165) is 12.8 Å². The zero-order valence-corrected chi connectivity index (χ0v) is 5.96. The van der Waals surface area contributed by atoms with Gasteiger partial charge in [-0.25, -0.2) is 0 Å². The van der Waals surface area contributed by atoms with E-state index in [0.29, 0.717) is 5.92 Å². The molecule has 1 aliphatic rings. The highest BCUT2D eigenvalue weighted by molar-refractivity contribution is 4.99. The second kappa shape index (κ2) is 1.96. The lowest BCUT2D eigenvalue weighted by atomic mass is 10.1.